The average Bonchev–Trinajstić information content (AvgIpc) is 2.54. The first-order valence-electron chi connectivity index (χ1n) is 4.46. The van der Waals surface area contributed by atoms with E-state index < -0.39 is 0 Å². The van der Waals surface area contributed by atoms with Crippen LogP contribution in [0.25, 0.3) is 0 Å². The Morgan fingerprint density at radius 1 is 1.50 bits per heavy atom. The molecule has 0 saturated carbocycles. The summed E-state index contributed by atoms with van der Waals surface area (Å²) in [5, 5.41) is 4.56. The molecule has 2 aromatic heterocycles. The Balaban J connectivity index is 2.34. The minimum absolute atomic E-state index is 0.147. The summed E-state index contributed by atoms with van der Waals surface area (Å²) >= 11 is 7.90. The molecule has 2 rings (SSSR count). The molecule has 2 aromatic rings. The molecule has 0 amide bonds. The highest BCUT2D eigenvalue weighted by Crippen LogP contribution is 2.09. The van der Waals surface area contributed by atoms with Gasteiger partial charge in [-0.1, -0.05) is 11.6 Å². The van der Waals surface area contributed by atoms with Gasteiger partial charge in [-0.2, -0.15) is 5.10 Å². The van der Waals surface area contributed by atoms with E-state index in [2.05, 4.69) is 10.1 Å². The van der Waals surface area contributed by atoms with E-state index in [1.807, 2.05) is 22.6 Å². The van der Waals surface area contributed by atoms with E-state index in [0.29, 0.717) is 17.5 Å². The fourth-order valence-electron chi connectivity index (χ4n) is 1.24. The standard InChI is InChI=1S/C9H8ClIN4O/c1-14-7(10)4-12-8(14)5-15-9(16)2-6(11)3-13-15/h2-4H,5H2,1H3. The number of aromatic nitrogens is 4. The van der Waals surface area contributed by atoms with E-state index in [-0.39, 0.29) is 5.56 Å². The van der Waals surface area contributed by atoms with Crippen molar-refractivity contribution in [1.29, 1.82) is 0 Å². The summed E-state index contributed by atoms with van der Waals surface area (Å²) in [7, 11) is 1.79. The van der Waals surface area contributed by atoms with Crippen molar-refractivity contribution >= 4 is 34.2 Å². The van der Waals surface area contributed by atoms with Gasteiger partial charge in [-0.25, -0.2) is 9.67 Å². The van der Waals surface area contributed by atoms with Crippen LogP contribution in [0.3, 0.4) is 0 Å². The molecule has 16 heavy (non-hydrogen) atoms. The van der Waals surface area contributed by atoms with Gasteiger partial charge in [0.1, 0.15) is 17.5 Å². The predicted octanol–water partition coefficient (Wildman–Crippen LogP) is 1.28. The minimum Gasteiger partial charge on any atom is -0.321 e. The van der Waals surface area contributed by atoms with Crippen LogP contribution in [0.1, 0.15) is 5.82 Å². The van der Waals surface area contributed by atoms with E-state index in [0.717, 1.165) is 3.57 Å². The summed E-state index contributed by atoms with van der Waals surface area (Å²) in [4.78, 5) is 15.7. The van der Waals surface area contributed by atoms with Crippen molar-refractivity contribution in [2.24, 2.45) is 7.05 Å². The maximum atomic E-state index is 11.6. The van der Waals surface area contributed by atoms with Gasteiger partial charge < -0.3 is 4.57 Å². The molecule has 84 valence electrons. The molecular formula is C9H8ClIN4O. The molecule has 0 aromatic carbocycles. The SMILES string of the molecule is Cn1c(Cl)cnc1Cn1ncc(I)cc1=O. The Kier molecular flexibility index (Phi) is 3.29. The maximum Gasteiger partial charge on any atom is 0.268 e. The Morgan fingerprint density at radius 3 is 2.81 bits per heavy atom. The Morgan fingerprint density at radius 2 is 2.25 bits per heavy atom. The minimum atomic E-state index is -0.147. The fraction of sp³-hybridized carbons (Fsp3) is 0.222. The molecule has 0 fully saturated rings. The first-order valence-corrected chi connectivity index (χ1v) is 5.92. The predicted molar refractivity (Wildman–Crippen MR) is 68.5 cm³/mol. The third-order valence-electron chi connectivity index (χ3n) is 2.16. The lowest BCUT2D eigenvalue weighted by atomic mass is 10.5. The lowest BCUT2D eigenvalue weighted by Gasteiger charge is -2.04. The van der Waals surface area contributed by atoms with Crippen molar-refractivity contribution in [2.45, 2.75) is 6.54 Å². The highest BCUT2D eigenvalue weighted by atomic mass is 127. The van der Waals surface area contributed by atoms with Gasteiger partial charge in [-0.15, -0.1) is 0 Å². The van der Waals surface area contributed by atoms with Gasteiger partial charge in [-0.05, 0) is 22.6 Å². The lowest BCUT2D eigenvalue weighted by molar-refractivity contribution is 0.595. The van der Waals surface area contributed by atoms with Crippen molar-refractivity contribution < 1.29 is 0 Å². The van der Waals surface area contributed by atoms with E-state index >= 15 is 0 Å². The molecule has 5 nitrogen and oxygen atoms in total. The first kappa shape index (κ1) is 11.6. The molecule has 0 aliphatic carbocycles. The van der Waals surface area contributed by atoms with Crippen LogP contribution in [0.4, 0.5) is 0 Å². The Bertz CT molecular complexity index is 577. The van der Waals surface area contributed by atoms with Crippen LogP contribution < -0.4 is 5.56 Å². The second-order valence-electron chi connectivity index (χ2n) is 3.23. The van der Waals surface area contributed by atoms with Crippen molar-refractivity contribution in [3.63, 3.8) is 0 Å². The topological polar surface area (TPSA) is 52.7 Å². The van der Waals surface area contributed by atoms with E-state index in [1.165, 1.54) is 10.7 Å². The van der Waals surface area contributed by atoms with Crippen molar-refractivity contribution in [3.8, 4) is 0 Å². The molecule has 0 atom stereocenters. The lowest BCUT2D eigenvalue weighted by Crippen LogP contribution is -2.24. The molecule has 0 spiro atoms. The molecule has 0 aliphatic rings. The first-order chi connectivity index (χ1) is 7.58. The molecular weight excluding hydrogens is 342 g/mol. The van der Waals surface area contributed by atoms with Crippen LogP contribution in [0.2, 0.25) is 5.15 Å². The van der Waals surface area contributed by atoms with Gasteiger partial charge in [0.2, 0.25) is 0 Å². The number of halogens is 2. The fourth-order valence-corrected chi connectivity index (χ4v) is 1.77. The highest BCUT2D eigenvalue weighted by molar-refractivity contribution is 14.1. The second-order valence-corrected chi connectivity index (χ2v) is 4.86. The largest absolute Gasteiger partial charge is 0.321 e. The van der Waals surface area contributed by atoms with Gasteiger partial charge in [-0.3, -0.25) is 4.79 Å². The Hall–Kier alpha value is -0.890. The van der Waals surface area contributed by atoms with E-state index in [9.17, 15) is 4.79 Å². The Labute approximate surface area is 110 Å². The molecule has 0 aliphatic heterocycles. The van der Waals surface area contributed by atoms with Crippen LogP contribution in [0.15, 0.2) is 23.3 Å². The van der Waals surface area contributed by atoms with Crippen LogP contribution in [0.5, 0.6) is 0 Å². The van der Waals surface area contributed by atoms with E-state index in [1.54, 1.807) is 24.0 Å². The summed E-state index contributed by atoms with van der Waals surface area (Å²) in [5.74, 6) is 0.695. The van der Waals surface area contributed by atoms with Gasteiger partial charge >= 0.3 is 0 Å². The smallest absolute Gasteiger partial charge is 0.268 e. The molecule has 0 radical (unpaired) electrons. The van der Waals surface area contributed by atoms with Crippen LogP contribution >= 0.6 is 34.2 Å². The molecule has 0 N–H and O–H groups in total. The molecule has 2 heterocycles. The third kappa shape index (κ3) is 2.27. The number of rotatable bonds is 2. The zero-order chi connectivity index (χ0) is 11.7. The molecule has 0 unspecified atom stereocenters. The summed E-state index contributed by atoms with van der Waals surface area (Å²) in [5.41, 5.74) is -0.147. The molecule has 0 bridgehead atoms. The summed E-state index contributed by atoms with van der Waals surface area (Å²) in [6.07, 6.45) is 3.18. The van der Waals surface area contributed by atoms with E-state index in [4.69, 9.17) is 11.6 Å². The number of nitrogens with zero attached hydrogens (tertiary/aromatic N) is 4. The van der Waals surface area contributed by atoms with Crippen LogP contribution in [-0.2, 0) is 13.6 Å². The zero-order valence-corrected chi connectivity index (χ0v) is 11.3. The number of imidazole rings is 1. The normalized spacial score (nSPS) is 10.7. The summed E-state index contributed by atoms with van der Waals surface area (Å²) in [6.45, 7) is 0.318. The number of hydrogen-bond donors (Lipinski definition) is 0. The third-order valence-corrected chi connectivity index (χ3v) is 3.10. The van der Waals surface area contributed by atoms with Crippen molar-refractivity contribution in [1.82, 2.24) is 19.3 Å². The monoisotopic (exact) mass is 350 g/mol. The van der Waals surface area contributed by atoms with Gasteiger partial charge in [0.25, 0.3) is 5.56 Å². The maximum absolute atomic E-state index is 11.6. The van der Waals surface area contributed by atoms with Crippen molar-refractivity contribution in [3.05, 3.63) is 43.4 Å². The van der Waals surface area contributed by atoms with Gasteiger partial charge in [0.05, 0.1) is 12.4 Å². The molecule has 0 saturated heterocycles. The zero-order valence-electron chi connectivity index (χ0n) is 8.39. The second kappa shape index (κ2) is 4.54. The highest BCUT2D eigenvalue weighted by Gasteiger charge is 2.06. The summed E-state index contributed by atoms with van der Waals surface area (Å²) < 4.78 is 3.88. The summed E-state index contributed by atoms with van der Waals surface area (Å²) in [6, 6.07) is 1.53. The van der Waals surface area contributed by atoms with Gasteiger partial charge in [0.15, 0.2) is 0 Å². The van der Waals surface area contributed by atoms with Crippen LogP contribution in [-0.4, -0.2) is 19.3 Å². The van der Waals surface area contributed by atoms with Gasteiger partial charge in [0, 0.05) is 16.7 Å². The average molecular weight is 351 g/mol. The van der Waals surface area contributed by atoms with Crippen molar-refractivity contribution in [2.75, 3.05) is 0 Å². The number of hydrogen-bond acceptors (Lipinski definition) is 3. The quantitative estimate of drug-likeness (QED) is 0.767. The molecule has 7 heteroatoms. The van der Waals surface area contributed by atoms with Crippen LogP contribution in [0, 0.1) is 3.57 Å².